The second-order valence-corrected chi connectivity index (χ2v) is 16.7. The molecule has 0 radical (unpaired) electrons. The molecular formula is C36H53NO5. The molecule has 5 aliphatic carbocycles. The number of hydrogen-bond acceptors (Lipinski definition) is 5. The number of primary amides is 1. The molecule has 0 heterocycles. The minimum absolute atomic E-state index is 0.0561. The molecule has 5 aliphatic rings. The molecule has 4 fully saturated rings. The van der Waals surface area contributed by atoms with Crippen LogP contribution < -0.4 is 5.73 Å². The molecule has 0 aromatic carbocycles. The minimum atomic E-state index is -0.756. The normalized spacial score (nSPS) is 46.4. The summed E-state index contributed by atoms with van der Waals surface area (Å²) in [6, 6.07) is 0. The number of fused-ring (bicyclic) bond motifs is 7. The van der Waals surface area contributed by atoms with Crippen LogP contribution in [0.1, 0.15) is 120 Å². The molecule has 2 N–H and O–H groups in total. The number of nitrogens with two attached hydrogens (primary N) is 1. The lowest BCUT2D eigenvalue weighted by molar-refractivity contribution is -0.202. The van der Waals surface area contributed by atoms with Gasteiger partial charge in [0, 0.05) is 24.7 Å². The third-order valence-electron chi connectivity index (χ3n) is 14.4. The molecule has 10 atom stereocenters. The van der Waals surface area contributed by atoms with Crippen molar-refractivity contribution in [2.45, 2.75) is 126 Å². The molecule has 1 amide bonds. The van der Waals surface area contributed by atoms with Gasteiger partial charge in [0.2, 0.25) is 5.91 Å². The number of rotatable bonds is 5. The van der Waals surface area contributed by atoms with Crippen molar-refractivity contribution in [2.24, 2.45) is 61.9 Å². The van der Waals surface area contributed by atoms with Gasteiger partial charge in [0.15, 0.2) is 5.78 Å². The molecule has 6 heteroatoms. The van der Waals surface area contributed by atoms with Gasteiger partial charge in [-0.1, -0.05) is 60.5 Å². The number of hydrogen-bond donors (Lipinski definition) is 1. The van der Waals surface area contributed by atoms with E-state index in [9.17, 15) is 14.4 Å². The topological polar surface area (TPSA) is 95.7 Å². The van der Waals surface area contributed by atoms with Gasteiger partial charge in [-0.15, -0.1) is 0 Å². The SMILES string of the molecule is C#COC(C[C@@H]1CC[C@@]2(C)C(CC[C@]3(C)[C@@H]2C(=O)C=C2[C@@H]4C[C@@](C)(C(N)=O)CC[C@]4(C)CC[C@]23C)C1(C)C)OC(C)=O. The summed E-state index contributed by atoms with van der Waals surface area (Å²) in [6.45, 7) is 17.7. The Kier molecular flexibility index (Phi) is 7.31. The first-order valence-corrected chi connectivity index (χ1v) is 16.2. The Morgan fingerprint density at radius 1 is 1.02 bits per heavy atom. The lowest BCUT2D eigenvalue weighted by Crippen LogP contribution is -2.66. The molecular weight excluding hydrogens is 526 g/mol. The Bertz CT molecular complexity index is 1250. The standard InChI is InChI=1S/C36H53NO5/c1-10-41-28(42-22(2)38)19-23-11-13-34(7)27(31(23,3)4)12-14-36(9)29(34)26(39)20-24-25-21-33(6,30(37)40)16-15-32(25,5)17-18-35(24,36)8/h1,20,23,25,27-29H,11-19,21H2,2-9H3,(H2,37,40)/t23-,25-,27?,28?,29+,32+,33-,34-,35+,36+/m0/s1. The van der Waals surface area contributed by atoms with Crippen molar-refractivity contribution in [2.75, 3.05) is 0 Å². The fraction of sp³-hybridized carbons (Fsp3) is 0.806. The number of amides is 1. The number of carbonyl (C=O) groups is 3. The number of ether oxygens (including phenoxy) is 2. The average molecular weight is 580 g/mol. The van der Waals surface area contributed by atoms with Gasteiger partial charge < -0.3 is 15.2 Å². The summed E-state index contributed by atoms with van der Waals surface area (Å²) in [7, 11) is 0. The van der Waals surface area contributed by atoms with Crippen LogP contribution in [0.3, 0.4) is 0 Å². The van der Waals surface area contributed by atoms with Gasteiger partial charge in [-0.3, -0.25) is 14.4 Å². The molecule has 0 bridgehead atoms. The van der Waals surface area contributed by atoms with Crippen molar-refractivity contribution < 1.29 is 23.9 Å². The number of allylic oxidation sites excluding steroid dienone is 2. The first-order chi connectivity index (χ1) is 19.4. The van der Waals surface area contributed by atoms with Crippen molar-refractivity contribution >= 4 is 17.7 Å². The predicted octanol–water partition coefficient (Wildman–Crippen LogP) is 6.96. The highest BCUT2D eigenvalue weighted by Gasteiger charge is 2.70. The van der Waals surface area contributed by atoms with E-state index < -0.39 is 17.7 Å². The summed E-state index contributed by atoms with van der Waals surface area (Å²) < 4.78 is 10.8. The van der Waals surface area contributed by atoms with Crippen LogP contribution in [-0.4, -0.2) is 23.9 Å². The van der Waals surface area contributed by atoms with E-state index in [1.54, 1.807) is 0 Å². The molecule has 0 spiro atoms. The van der Waals surface area contributed by atoms with E-state index >= 15 is 0 Å². The summed E-state index contributed by atoms with van der Waals surface area (Å²) in [5.74, 6) is 0.422. The highest BCUT2D eigenvalue weighted by molar-refractivity contribution is 5.95. The first kappa shape index (κ1) is 31.1. The lowest BCUT2D eigenvalue weighted by atomic mass is 9.33. The van der Waals surface area contributed by atoms with E-state index in [4.69, 9.17) is 21.6 Å². The monoisotopic (exact) mass is 579 g/mol. The van der Waals surface area contributed by atoms with Gasteiger partial charge >= 0.3 is 5.97 Å². The fourth-order valence-corrected chi connectivity index (χ4v) is 11.5. The fourth-order valence-electron chi connectivity index (χ4n) is 11.5. The van der Waals surface area contributed by atoms with Crippen LogP contribution in [0.4, 0.5) is 0 Å². The molecule has 5 rings (SSSR count). The summed E-state index contributed by atoms with van der Waals surface area (Å²) >= 11 is 0. The zero-order chi connectivity index (χ0) is 31.1. The van der Waals surface area contributed by atoms with Crippen molar-refractivity contribution in [3.63, 3.8) is 0 Å². The van der Waals surface area contributed by atoms with Crippen LogP contribution in [0.15, 0.2) is 11.6 Å². The third kappa shape index (κ3) is 4.30. The van der Waals surface area contributed by atoms with Crippen LogP contribution in [0.5, 0.6) is 0 Å². The molecule has 0 aromatic rings. The van der Waals surface area contributed by atoms with E-state index in [1.807, 2.05) is 6.92 Å². The summed E-state index contributed by atoms with van der Waals surface area (Å²) in [4.78, 5) is 38.9. The first-order valence-electron chi connectivity index (χ1n) is 16.2. The van der Waals surface area contributed by atoms with Gasteiger partial charge in [-0.05, 0) is 109 Å². The van der Waals surface area contributed by atoms with E-state index in [0.717, 1.165) is 57.8 Å². The minimum Gasteiger partial charge on any atom is -0.425 e. The van der Waals surface area contributed by atoms with E-state index in [1.165, 1.54) is 12.5 Å². The van der Waals surface area contributed by atoms with Crippen molar-refractivity contribution in [1.82, 2.24) is 0 Å². The third-order valence-corrected chi connectivity index (χ3v) is 14.4. The quantitative estimate of drug-likeness (QED) is 0.216. The van der Waals surface area contributed by atoms with Gasteiger partial charge in [-0.25, -0.2) is 0 Å². The van der Waals surface area contributed by atoms with Gasteiger partial charge in [-0.2, -0.15) is 0 Å². The second-order valence-electron chi connectivity index (χ2n) is 16.7. The number of ketones is 1. The number of esters is 1. The molecule has 4 saturated carbocycles. The van der Waals surface area contributed by atoms with Crippen molar-refractivity contribution in [1.29, 1.82) is 0 Å². The van der Waals surface area contributed by atoms with Crippen LogP contribution in [0, 0.1) is 68.7 Å². The van der Waals surface area contributed by atoms with E-state index in [2.05, 4.69) is 53.7 Å². The van der Waals surface area contributed by atoms with Gasteiger partial charge in [0.25, 0.3) is 6.29 Å². The van der Waals surface area contributed by atoms with E-state index in [0.29, 0.717) is 12.3 Å². The molecule has 42 heavy (non-hydrogen) atoms. The van der Waals surface area contributed by atoms with Crippen molar-refractivity contribution in [3.05, 3.63) is 11.6 Å². The van der Waals surface area contributed by atoms with Crippen molar-refractivity contribution in [3.8, 4) is 12.5 Å². The smallest absolute Gasteiger partial charge is 0.305 e. The van der Waals surface area contributed by atoms with Crippen LogP contribution in [-0.2, 0) is 23.9 Å². The van der Waals surface area contributed by atoms with Crippen LogP contribution >= 0.6 is 0 Å². The molecule has 6 nitrogen and oxygen atoms in total. The Hall–Kier alpha value is -2.29. The largest absolute Gasteiger partial charge is 0.425 e. The molecule has 0 aliphatic heterocycles. The zero-order valence-electron chi connectivity index (χ0n) is 27.2. The summed E-state index contributed by atoms with van der Waals surface area (Å²) in [6.07, 6.45) is 18.2. The molecule has 2 unspecified atom stereocenters. The maximum Gasteiger partial charge on any atom is 0.305 e. The average Bonchev–Trinajstić information content (AvgIpc) is 2.87. The predicted molar refractivity (Wildman–Crippen MR) is 162 cm³/mol. The molecule has 232 valence electrons. The Labute approximate surface area is 253 Å². The van der Waals surface area contributed by atoms with Gasteiger partial charge in [0.1, 0.15) is 6.11 Å². The maximum absolute atomic E-state index is 14.6. The number of terminal acetylenes is 1. The highest BCUT2D eigenvalue weighted by atomic mass is 16.7. The van der Waals surface area contributed by atoms with Crippen LogP contribution in [0.25, 0.3) is 0 Å². The maximum atomic E-state index is 14.6. The van der Waals surface area contributed by atoms with Gasteiger partial charge in [0.05, 0.1) is 0 Å². The summed E-state index contributed by atoms with van der Waals surface area (Å²) in [5, 5.41) is 0. The molecule has 0 saturated heterocycles. The van der Waals surface area contributed by atoms with E-state index in [-0.39, 0.29) is 56.5 Å². The second kappa shape index (κ2) is 9.86. The Morgan fingerprint density at radius 2 is 1.69 bits per heavy atom. The zero-order valence-corrected chi connectivity index (χ0v) is 27.2. The van der Waals surface area contributed by atoms with Crippen LogP contribution in [0.2, 0.25) is 0 Å². The highest BCUT2D eigenvalue weighted by Crippen LogP contribution is 2.75. The lowest BCUT2D eigenvalue weighted by Gasteiger charge is -2.70. The Balaban J connectivity index is 1.50. The molecule has 0 aromatic heterocycles. The summed E-state index contributed by atoms with van der Waals surface area (Å²) in [5.41, 5.74) is 6.35. The number of carbonyl (C=O) groups excluding carboxylic acids is 3. The Morgan fingerprint density at radius 3 is 2.31 bits per heavy atom.